The number of ether oxygens (including phenoxy) is 1. The van der Waals surface area contributed by atoms with E-state index in [0.717, 1.165) is 5.82 Å². The Morgan fingerprint density at radius 1 is 1.57 bits per heavy atom. The van der Waals surface area contributed by atoms with E-state index in [1.807, 2.05) is 6.92 Å². The molecule has 0 spiro atoms. The molecule has 0 saturated carbocycles. The van der Waals surface area contributed by atoms with E-state index in [2.05, 4.69) is 9.97 Å². The van der Waals surface area contributed by atoms with Crippen LogP contribution < -0.4 is 0 Å². The summed E-state index contributed by atoms with van der Waals surface area (Å²) in [4.78, 5) is 20.5. The minimum Gasteiger partial charge on any atom is -0.378 e. The molecule has 1 aromatic rings. The Balaban J connectivity index is 2.07. The van der Waals surface area contributed by atoms with Crippen molar-refractivity contribution in [2.45, 2.75) is 6.92 Å². The summed E-state index contributed by atoms with van der Waals surface area (Å²) in [6.07, 6.45) is 1.58. The summed E-state index contributed by atoms with van der Waals surface area (Å²) in [5.74, 6) is 0.774. The summed E-state index contributed by atoms with van der Waals surface area (Å²) in [5.41, 5.74) is 0.560. The molecule has 1 aliphatic heterocycles. The molecule has 14 heavy (non-hydrogen) atoms. The van der Waals surface area contributed by atoms with Gasteiger partial charge in [0.05, 0.1) is 19.4 Å². The third-order valence-corrected chi connectivity index (χ3v) is 2.23. The molecule has 0 bridgehead atoms. The second-order valence-electron chi connectivity index (χ2n) is 3.29. The van der Waals surface area contributed by atoms with Crippen molar-refractivity contribution in [1.29, 1.82) is 0 Å². The van der Waals surface area contributed by atoms with Gasteiger partial charge in [-0.2, -0.15) is 0 Å². The number of hydrogen-bond acceptors (Lipinski definition) is 3. The Labute approximate surface area is 82.1 Å². The first kappa shape index (κ1) is 9.21. The zero-order valence-corrected chi connectivity index (χ0v) is 8.12. The average molecular weight is 195 g/mol. The number of rotatable bonds is 1. The van der Waals surface area contributed by atoms with Crippen molar-refractivity contribution in [1.82, 2.24) is 14.9 Å². The first-order valence-electron chi connectivity index (χ1n) is 4.66. The maximum atomic E-state index is 11.8. The maximum Gasteiger partial charge on any atom is 0.272 e. The summed E-state index contributed by atoms with van der Waals surface area (Å²) in [5, 5.41) is 0. The molecular weight excluding hydrogens is 182 g/mol. The van der Waals surface area contributed by atoms with Crippen LogP contribution in [0.25, 0.3) is 0 Å². The van der Waals surface area contributed by atoms with Crippen molar-refractivity contribution >= 4 is 5.91 Å². The number of aryl methyl sites for hydroxylation is 1. The highest BCUT2D eigenvalue weighted by atomic mass is 16.5. The van der Waals surface area contributed by atoms with Gasteiger partial charge in [-0.15, -0.1) is 0 Å². The highest BCUT2D eigenvalue weighted by molar-refractivity contribution is 5.92. The second kappa shape index (κ2) is 3.79. The average Bonchev–Trinajstić information content (AvgIpc) is 2.65. The summed E-state index contributed by atoms with van der Waals surface area (Å²) >= 11 is 0. The third kappa shape index (κ3) is 1.77. The first-order valence-corrected chi connectivity index (χ1v) is 4.66. The molecule has 1 aliphatic rings. The monoisotopic (exact) mass is 195 g/mol. The summed E-state index contributed by atoms with van der Waals surface area (Å²) in [6, 6.07) is 0. The fourth-order valence-corrected chi connectivity index (χ4v) is 1.47. The molecule has 2 heterocycles. The van der Waals surface area contributed by atoms with E-state index in [0.29, 0.717) is 32.0 Å². The van der Waals surface area contributed by atoms with E-state index in [1.165, 1.54) is 0 Å². The van der Waals surface area contributed by atoms with Crippen molar-refractivity contribution in [2.75, 3.05) is 26.3 Å². The number of hydrogen-bond donors (Lipinski definition) is 1. The minimum absolute atomic E-state index is 0.00824. The summed E-state index contributed by atoms with van der Waals surface area (Å²) in [6.45, 7) is 4.40. The number of aromatic nitrogens is 2. The molecule has 5 heteroatoms. The lowest BCUT2D eigenvalue weighted by molar-refractivity contribution is 0.0299. The van der Waals surface area contributed by atoms with Crippen LogP contribution in [0.5, 0.6) is 0 Å². The van der Waals surface area contributed by atoms with Crippen LogP contribution in [0.4, 0.5) is 0 Å². The SMILES string of the molecule is Cc1ncc(C(=O)N2CCOCC2)[nH]1. The molecule has 1 amide bonds. The van der Waals surface area contributed by atoms with Crippen LogP contribution in [0.2, 0.25) is 0 Å². The number of amides is 1. The Bertz CT molecular complexity index is 329. The summed E-state index contributed by atoms with van der Waals surface area (Å²) < 4.78 is 5.17. The lowest BCUT2D eigenvalue weighted by atomic mass is 10.3. The molecular formula is C9H13N3O2. The van der Waals surface area contributed by atoms with Gasteiger partial charge in [0.15, 0.2) is 0 Å². The molecule has 2 rings (SSSR count). The van der Waals surface area contributed by atoms with E-state index in [1.54, 1.807) is 11.1 Å². The predicted octanol–water partition coefficient (Wildman–Crippen LogP) is 0.191. The van der Waals surface area contributed by atoms with Crippen LogP contribution >= 0.6 is 0 Å². The molecule has 5 nitrogen and oxygen atoms in total. The molecule has 1 N–H and O–H groups in total. The molecule has 0 aliphatic carbocycles. The smallest absolute Gasteiger partial charge is 0.272 e. The van der Waals surface area contributed by atoms with E-state index < -0.39 is 0 Å². The molecule has 1 fully saturated rings. The Morgan fingerprint density at radius 3 is 2.86 bits per heavy atom. The Morgan fingerprint density at radius 2 is 2.29 bits per heavy atom. The van der Waals surface area contributed by atoms with Gasteiger partial charge >= 0.3 is 0 Å². The van der Waals surface area contributed by atoms with E-state index >= 15 is 0 Å². The predicted molar refractivity (Wildman–Crippen MR) is 50.0 cm³/mol. The van der Waals surface area contributed by atoms with Crippen LogP contribution in [0.3, 0.4) is 0 Å². The lowest BCUT2D eigenvalue weighted by Crippen LogP contribution is -2.40. The van der Waals surface area contributed by atoms with Crippen LogP contribution in [0.15, 0.2) is 6.20 Å². The third-order valence-electron chi connectivity index (χ3n) is 2.23. The standard InChI is InChI=1S/C9H13N3O2/c1-7-10-6-8(11-7)9(13)12-2-4-14-5-3-12/h6H,2-5H2,1H3,(H,10,11). The van der Waals surface area contributed by atoms with Gasteiger partial charge in [0.25, 0.3) is 5.91 Å². The molecule has 76 valence electrons. The van der Waals surface area contributed by atoms with Crippen LogP contribution in [0.1, 0.15) is 16.3 Å². The van der Waals surface area contributed by atoms with E-state index in [4.69, 9.17) is 4.74 Å². The van der Waals surface area contributed by atoms with Gasteiger partial charge in [-0.3, -0.25) is 4.79 Å². The second-order valence-corrected chi connectivity index (χ2v) is 3.29. The summed E-state index contributed by atoms with van der Waals surface area (Å²) in [7, 11) is 0. The van der Waals surface area contributed by atoms with E-state index in [9.17, 15) is 4.79 Å². The number of nitrogens with one attached hydrogen (secondary N) is 1. The molecule has 0 aromatic carbocycles. The molecule has 0 unspecified atom stereocenters. The van der Waals surface area contributed by atoms with Crippen LogP contribution in [-0.4, -0.2) is 47.1 Å². The minimum atomic E-state index is 0.00824. The van der Waals surface area contributed by atoms with Crippen molar-refractivity contribution < 1.29 is 9.53 Å². The first-order chi connectivity index (χ1) is 6.77. The van der Waals surface area contributed by atoms with Gasteiger partial charge in [-0.1, -0.05) is 0 Å². The van der Waals surface area contributed by atoms with Crippen LogP contribution in [0, 0.1) is 6.92 Å². The van der Waals surface area contributed by atoms with Gasteiger partial charge in [0.1, 0.15) is 11.5 Å². The zero-order chi connectivity index (χ0) is 9.97. The number of nitrogens with zero attached hydrogens (tertiary/aromatic N) is 2. The topological polar surface area (TPSA) is 58.2 Å². The number of H-pyrrole nitrogens is 1. The number of aromatic amines is 1. The molecule has 0 radical (unpaired) electrons. The molecule has 0 atom stereocenters. The maximum absolute atomic E-state index is 11.8. The highest BCUT2D eigenvalue weighted by Crippen LogP contribution is 2.04. The number of carbonyl (C=O) groups is 1. The lowest BCUT2D eigenvalue weighted by Gasteiger charge is -2.26. The van der Waals surface area contributed by atoms with Crippen LogP contribution in [-0.2, 0) is 4.74 Å². The van der Waals surface area contributed by atoms with E-state index in [-0.39, 0.29) is 5.91 Å². The molecule has 1 saturated heterocycles. The van der Waals surface area contributed by atoms with Crippen molar-refractivity contribution in [3.05, 3.63) is 17.7 Å². The quantitative estimate of drug-likeness (QED) is 0.696. The largest absolute Gasteiger partial charge is 0.378 e. The zero-order valence-electron chi connectivity index (χ0n) is 8.12. The van der Waals surface area contributed by atoms with Crippen molar-refractivity contribution in [3.63, 3.8) is 0 Å². The Kier molecular flexibility index (Phi) is 2.49. The van der Waals surface area contributed by atoms with Crippen molar-refractivity contribution in [2.24, 2.45) is 0 Å². The van der Waals surface area contributed by atoms with Gasteiger partial charge in [0.2, 0.25) is 0 Å². The molecule has 1 aromatic heterocycles. The van der Waals surface area contributed by atoms with Gasteiger partial charge in [-0.25, -0.2) is 4.98 Å². The number of carbonyl (C=O) groups excluding carboxylic acids is 1. The van der Waals surface area contributed by atoms with Gasteiger partial charge in [0, 0.05) is 13.1 Å². The fourth-order valence-electron chi connectivity index (χ4n) is 1.47. The fraction of sp³-hybridized carbons (Fsp3) is 0.556. The highest BCUT2D eigenvalue weighted by Gasteiger charge is 2.19. The Hall–Kier alpha value is -1.36. The van der Waals surface area contributed by atoms with Crippen molar-refractivity contribution in [3.8, 4) is 0 Å². The normalized spacial score (nSPS) is 17.1. The number of morpholine rings is 1. The van der Waals surface area contributed by atoms with Gasteiger partial charge in [-0.05, 0) is 6.92 Å². The van der Waals surface area contributed by atoms with Gasteiger partial charge < -0.3 is 14.6 Å². The number of imidazole rings is 1.